The van der Waals surface area contributed by atoms with E-state index < -0.39 is 0 Å². The van der Waals surface area contributed by atoms with Crippen LogP contribution in [0, 0.1) is 6.92 Å². The van der Waals surface area contributed by atoms with E-state index in [1.807, 2.05) is 41.9 Å². The molecule has 0 fully saturated rings. The Kier molecular flexibility index (Phi) is 4.36. The van der Waals surface area contributed by atoms with Crippen molar-refractivity contribution in [1.82, 2.24) is 14.6 Å². The van der Waals surface area contributed by atoms with Crippen molar-refractivity contribution in [2.45, 2.75) is 6.92 Å². The van der Waals surface area contributed by atoms with E-state index in [0.29, 0.717) is 0 Å². The highest BCUT2D eigenvalue weighted by Crippen LogP contribution is 2.20. The van der Waals surface area contributed by atoms with Crippen molar-refractivity contribution in [2.75, 3.05) is 5.32 Å². The van der Waals surface area contributed by atoms with Gasteiger partial charge in [0.2, 0.25) is 5.91 Å². The third-order valence-electron chi connectivity index (χ3n) is 2.85. The molecular weight excluding hydrogens is 316 g/mol. The first kappa shape index (κ1) is 14.6. The average molecular weight is 328 g/mol. The van der Waals surface area contributed by atoms with Crippen molar-refractivity contribution in [3.8, 4) is 11.3 Å². The molecule has 0 radical (unpaired) electrons. The summed E-state index contributed by atoms with van der Waals surface area (Å²) in [7, 11) is 0. The van der Waals surface area contributed by atoms with Gasteiger partial charge in [-0.05, 0) is 36.7 Å². The maximum atomic E-state index is 11.9. The smallest absolute Gasteiger partial charge is 0.248 e. The van der Waals surface area contributed by atoms with Crippen molar-refractivity contribution in [2.24, 2.45) is 0 Å². The SMILES string of the molecule is Cc1nc(C=CC(=O)Nc2ccc(-c3csnn3)cc2)cs1. The molecule has 5 nitrogen and oxygen atoms in total. The fourth-order valence-corrected chi connectivity index (χ4v) is 2.86. The Balaban J connectivity index is 1.63. The van der Waals surface area contributed by atoms with E-state index in [1.165, 1.54) is 17.6 Å². The van der Waals surface area contributed by atoms with Crippen LogP contribution in [0.5, 0.6) is 0 Å². The quantitative estimate of drug-likeness (QED) is 0.743. The number of nitrogens with one attached hydrogen (secondary N) is 1. The van der Waals surface area contributed by atoms with Gasteiger partial charge in [0.15, 0.2) is 0 Å². The molecule has 0 unspecified atom stereocenters. The van der Waals surface area contributed by atoms with Crippen LogP contribution in [0.1, 0.15) is 10.7 Å². The number of rotatable bonds is 4. The molecule has 0 bridgehead atoms. The lowest BCUT2D eigenvalue weighted by Gasteiger charge is -2.02. The van der Waals surface area contributed by atoms with Gasteiger partial charge in [-0.2, -0.15) is 0 Å². The van der Waals surface area contributed by atoms with Gasteiger partial charge in [0.25, 0.3) is 0 Å². The molecule has 3 aromatic rings. The van der Waals surface area contributed by atoms with Gasteiger partial charge in [-0.15, -0.1) is 16.4 Å². The van der Waals surface area contributed by atoms with Crippen LogP contribution in [0.2, 0.25) is 0 Å². The fraction of sp³-hybridized carbons (Fsp3) is 0.0667. The van der Waals surface area contributed by atoms with Crippen molar-refractivity contribution in [1.29, 1.82) is 0 Å². The van der Waals surface area contributed by atoms with Crippen LogP contribution < -0.4 is 5.32 Å². The number of anilines is 1. The van der Waals surface area contributed by atoms with Gasteiger partial charge < -0.3 is 5.32 Å². The first-order valence-corrected chi connectivity index (χ1v) is 8.21. The normalized spacial score (nSPS) is 11.0. The second-order valence-corrected chi connectivity index (χ2v) is 6.15. The average Bonchev–Trinajstić information content (AvgIpc) is 3.17. The van der Waals surface area contributed by atoms with Gasteiger partial charge in [0.05, 0.1) is 10.7 Å². The molecule has 0 saturated heterocycles. The van der Waals surface area contributed by atoms with E-state index in [2.05, 4.69) is 19.9 Å². The third kappa shape index (κ3) is 3.63. The maximum absolute atomic E-state index is 11.9. The lowest BCUT2D eigenvalue weighted by atomic mass is 10.1. The highest BCUT2D eigenvalue weighted by molar-refractivity contribution is 7.09. The van der Waals surface area contributed by atoms with E-state index in [9.17, 15) is 4.79 Å². The summed E-state index contributed by atoms with van der Waals surface area (Å²) in [6.45, 7) is 1.93. The number of carbonyl (C=O) groups excluding carboxylic acids is 1. The van der Waals surface area contributed by atoms with Crippen LogP contribution in [0.15, 0.2) is 41.1 Å². The lowest BCUT2D eigenvalue weighted by molar-refractivity contribution is -0.111. The Hall–Kier alpha value is -2.38. The van der Waals surface area contributed by atoms with Gasteiger partial charge >= 0.3 is 0 Å². The predicted octanol–water partition coefficient (Wildman–Crippen LogP) is 3.62. The third-order valence-corrected chi connectivity index (χ3v) is 4.15. The molecule has 2 heterocycles. The first-order valence-electron chi connectivity index (χ1n) is 6.49. The van der Waals surface area contributed by atoms with Crippen LogP contribution in [0.4, 0.5) is 5.69 Å². The fourth-order valence-electron chi connectivity index (χ4n) is 1.82. The molecule has 1 amide bonds. The summed E-state index contributed by atoms with van der Waals surface area (Å²) in [5, 5.41) is 11.6. The number of thiazole rings is 1. The number of amides is 1. The van der Waals surface area contributed by atoms with Crippen LogP contribution in [-0.2, 0) is 4.79 Å². The van der Waals surface area contributed by atoms with Crippen molar-refractivity contribution in [3.05, 3.63) is 51.8 Å². The number of aromatic nitrogens is 3. The van der Waals surface area contributed by atoms with Gasteiger partial charge in [-0.25, -0.2) is 4.98 Å². The van der Waals surface area contributed by atoms with Crippen LogP contribution in [-0.4, -0.2) is 20.5 Å². The van der Waals surface area contributed by atoms with Gasteiger partial charge in [0, 0.05) is 28.1 Å². The molecule has 7 heteroatoms. The number of aryl methyl sites for hydroxylation is 1. The van der Waals surface area contributed by atoms with Gasteiger partial charge in [-0.1, -0.05) is 16.6 Å². The highest BCUT2D eigenvalue weighted by atomic mass is 32.1. The van der Waals surface area contributed by atoms with E-state index in [-0.39, 0.29) is 5.91 Å². The Morgan fingerprint density at radius 1 is 1.23 bits per heavy atom. The molecule has 0 aliphatic carbocycles. The number of hydrogen-bond acceptors (Lipinski definition) is 6. The van der Waals surface area contributed by atoms with E-state index in [0.717, 1.165) is 27.6 Å². The Bertz CT molecular complexity index is 791. The van der Waals surface area contributed by atoms with Crippen LogP contribution >= 0.6 is 22.9 Å². The number of carbonyl (C=O) groups is 1. The molecule has 110 valence electrons. The minimum Gasteiger partial charge on any atom is -0.323 e. The molecule has 0 saturated carbocycles. The molecule has 0 spiro atoms. The second kappa shape index (κ2) is 6.59. The van der Waals surface area contributed by atoms with Crippen molar-refractivity contribution in [3.63, 3.8) is 0 Å². The van der Waals surface area contributed by atoms with Crippen LogP contribution in [0.25, 0.3) is 17.3 Å². The summed E-state index contributed by atoms with van der Waals surface area (Å²) < 4.78 is 3.83. The summed E-state index contributed by atoms with van der Waals surface area (Å²) in [6, 6.07) is 7.49. The highest BCUT2D eigenvalue weighted by Gasteiger charge is 2.02. The van der Waals surface area contributed by atoms with Crippen molar-refractivity contribution < 1.29 is 4.79 Å². The summed E-state index contributed by atoms with van der Waals surface area (Å²) in [5.41, 5.74) is 3.34. The van der Waals surface area contributed by atoms with Gasteiger partial charge in [-0.3, -0.25) is 4.79 Å². The molecule has 0 atom stereocenters. The largest absolute Gasteiger partial charge is 0.323 e. The maximum Gasteiger partial charge on any atom is 0.248 e. The Morgan fingerprint density at radius 2 is 2.05 bits per heavy atom. The zero-order chi connectivity index (χ0) is 15.4. The number of benzene rings is 1. The molecule has 3 rings (SSSR count). The lowest BCUT2D eigenvalue weighted by Crippen LogP contribution is -2.07. The van der Waals surface area contributed by atoms with Crippen LogP contribution in [0.3, 0.4) is 0 Å². The topological polar surface area (TPSA) is 67.8 Å². The summed E-state index contributed by atoms with van der Waals surface area (Å²) >= 11 is 2.87. The molecule has 2 aromatic heterocycles. The standard InChI is InChI=1S/C15H12N4OS2/c1-10-16-13(8-21-10)6-7-15(20)17-12-4-2-11(3-5-12)14-9-22-19-18-14/h2-9H,1H3,(H,17,20). The van der Waals surface area contributed by atoms with E-state index >= 15 is 0 Å². The summed E-state index contributed by atoms with van der Waals surface area (Å²) in [5.74, 6) is -0.186. The van der Waals surface area contributed by atoms with E-state index in [4.69, 9.17) is 0 Å². The molecule has 0 aliphatic rings. The van der Waals surface area contributed by atoms with Crippen molar-refractivity contribution >= 4 is 40.5 Å². The summed E-state index contributed by atoms with van der Waals surface area (Å²) in [6.07, 6.45) is 3.18. The molecule has 0 aliphatic heterocycles. The zero-order valence-corrected chi connectivity index (χ0v) is 13.3. The van der Waals surface area contributed by atoms with E-state index in [1.54, 1.807) is 17.4 Å². The molecule has 22 heavy (non-hydrogen) atoms. The van der Waals surface area contributed by atoms with Gasteiger partial charge in [0.1, 0.15) is 5.69 Å². The number of hydrogen-bond donors (Lipinski definition) is 1. The minimum atomic E-state index is -0.186. The molecule has 1 N–H and O–H groups in total. The first-order chi connectivity index (χ1) is 10.7. The molecule has 1 aromatic carbocycles. The monoisotopic (exact) mass is 328 g/mol. The Morgan fingerprint density at radius 3 is 2.68 bits per heavy atom. The summed E-state index contributed by atoms with van der Waals surface area (Å²) in [4.78, 5) is 16.1. The molecular formula is C15H12N4OS2. The Labute approximate surface area is 135 Å². The zero-order valence-electron chi connectivity index (χ0n) is 11.7. The minimum absolute atomic E-state index is 0.186. The number of nitrogens with zero attached hydrogens (tertiary/aromatic N) is 3. The predicted molar refractivity (Wildman–Crippen MR) is 89.9 cm³/mol. The second-order valence-electron chi connectivity index (χ2n) is 4.48.